The van der Waals surface area contributed by atoms with Crippen LogP contribution < -0.4 is 11.1 Å². The highest BCUT2D eigenvalue weighted by molar-refractivity contribution is 14.1. The van der Waals surface area contributed by atoms with Crippen LogP contribution in [0.3, 0.4) is 0 Å². The Balaban J connectivity index is 2.37. The molecule has 3 N–H and O–H groups in total. The third-order valence-corrected chi connectivity index (χ3v) is 4.20. The summed E-state index contributed by atoms with van der Waals surface area (Å²) in [5, 5.41) is 4.59. The molecule has 94 valence electrons. The Kier molecular flexibility index (Phi) is 4.48. The first-order chi connectivity index (χ1) is 8.47. The Morgan fingerprint density at radius 1 is 0.889 bits per heavy atom. The maximum absolute atomic E-state index is 6.10. The molecule has 0 saturated heterocycles. The quantitative estimate of drug-likeness (QED) is 0.383. The minimum Gasteiger partial charge on any atom is -0.399 e. The van der Waals surface area contributed by atoms with Crippen molar-refractivity contribution in [3.05, 3.63) is 49.0 Å². The zero-order valence-electron chi connectivity index (χ0n) is 8.98. The minimum absolute atomic E-state index is 0.430. The van der Waals surface area contributed by atoms with Gasteiger partial charge in [0, 0.05) is 9.26 Å². The molecule has 0 heterocycles. The third-order valence-electron chi connectivity index (χ3n) is 2.27. The van der Waals surface area contributed by atoms with Gasteiger partial charge in [0.15, 0.2) is 0 Å². The molecule has 0 fully saturated rings. The maximum atomic E-state index is 6.10. The number of nitrogens with one attached hydrogen (secondary N) is 1. The Morgan fingerprint density at radius 2 is 1.56 bits per heavy atom. The smallest absolute Gasteiger partial charge is 0.0656 e. The van der Waals surface area contributed by atoms with Crippen LogP contribution in [-0.2, 0) is 0 Å². The lowest BCUT2D eigenvalue weighted by Gasteiger charge is -2.11. The zero-order chi connectivity index (χ0) is 13.3. The number of rotatable bonds is 2. The molecule has 0 radical (unpaired) electrons. The van der Waals surface area contributed by atoms with E-state index in [4.69, 9.17) is 40.5 Å². The summed E-state index contributed by atoms with van der Waals surface area (Å²) in [6.45, 7) is 0. The van der Waals surface area contributed by atoms with Gasteiger partial charge in [0.25, 0.3) is 0 Å². The van der Waals surface area contributed by atoms with Crippen molar-refractivity contribution in [2.75, 3.05) is 11.1 Å². The van der Waals surface area contributed by atoms with E-state index in [1.807, 2.05) is 18.2 Å². The average Bonchev–Trinajstić information content (AvgIpc) is 2.29. The van der Waals surface area contributed by atoms with E-state index in [-0.39, 0.29) is 0 Å². The predicted molar refractivity (Wildman–Crippen MR) is 88.3 cm³/mol. The normalized spacial score (nSPS) is 10.4. The van der Waals surface area contributed by atoms with Gasteiger partial charge in [0.2, 0.25) is 0 Å². The molecule has 0 aliphatic rings. The molecular formula is C12H8Cl3IN2. The van der Waals surface area contributed by atoms with E-state index in [2.05, 4.69) is 27.9 Å². The van der Waals surface area contributed by atoms with E-state index in [1.165, 1.54) is 0 Å². The molecular weight excluding hydrogens is 405 g/mol. The van der Waals surface area contributed by atoms with Crippen molar-refractivity contribution in [1.82, 2.24) is 0 Å². The summed E-state index contributed by atoms with van der Waals surface area (Å²) in [5.74, 6) is 0. The predicted octanol–water partition coefficient (Wildman–Crippen LogP) is 5.58. The van der Waals surface area contributed by atoms with Crippen LogP contribution in [-0.4, -0.2) is 0 Å². The number of hydrogen-bond donors (Lipinski definition) is 2. The highest BCUT2D eigenvalue weighted by atomic mass is 127. The summed E-state index contributed by atoms with van der Waals surface area (Å²) in [4.78, 5) is 0. The number of anilines is 3. The molecule has 0 aliphatic heterocycles. The second-order valence-corrected chi connectivity index (χ2v) is 5.99. The lowest BCUT2D eigenvalue weighted by atomic mass is 10.2. The Labute approximate surface area is 134 Å². The number of halogens is 4. The highest BCUT2D eigenvalue weighted by Crippen LogP contribution is 2.35. The molecule has 18 heavy (non-hydrogen) atoms. The van der Waals surface area contributed by atoms with Gasteiger partial charge in [-0.05, 0) is 52.9 Å². The van der Waals surface area contributed by atoms with E-state index in [0.717, 1.165) is 9.26 Å². The summed E-state index contributed by atoms with van der Waals surface area (Å²) in [6, 6.07) is 8.87. The van der Waals surface area contributed by atoms with Crippen LogP contribution >= 0.6 is 57.4 Å². The van der Waals surface area contributed by atoms with Crippen molar-refractivity contribution in [3.8, 4) is 0 Å². The van der Waals surface area contributed by atoms with Gasteiger partial charge >= 0.3 is 0 Å². The molecule has 0 amide bonds. The first-order valence-electron chi connectivity index (χ1n) is 4.94. The average molecular weight is 413 g/mol. The van der Waals surface area contributed by atoms with E-state index < -0.39 is 0 Å². The van der Waals surface area contributed by atoms with Gasteiger partial charge < -0.3 is 11.1 Å². The summed E-state index contributed by atoms with van der Waals surface area (Å²) in [6.07, 6.45) is 0. The first kappa shape index (κ1) is 14.1. The topological polar surface area (TPSA) is 38.0 Å². The van der Waals surface area contributed by atoms with Gasteiger partial charge in [-0.15, -0.1) is 0 Å². The Morgan fingerprint density at radius 3 is 2.22 bits per heavy atom. The number of benzene rings is 2. The van der Waals surface area contributed by atoms with Crippen molar-refractivity contribution >= 4 is 74.5 Å². The Hall–Kier alpha value is -0.360. The van der Waals surface area contributed by atoms with E-state index >= 15 is 0 Å². The highest BCUT2D eigenvalue weighted by Gasteiger charge is 2.08. The molecule has 0 spiro atoms. The van der Waals surface area contributed by atoms with E-state index in [1.54, 1.807) is 12.1 Å². The molecule has 0 aliphatic carbocycles. The molecule has 0 saturated carbocycles. The fraction of sp³-hybridized carbons (Fsp3) is 0. The van der Waals surface area contributed by atoms with Crippen molar-refractivity contribution in [2.45, 2.75) is 0 Å². The lowest BCUT2D eigenvalue weighted by Crippen LogP contribution is -1.95. The van der Waals surface area contributed by atoms with Gasteiger partial charge in [-0.1, -0.05) is 34.8 Å². The maximum Gasteiger partial charge on any atom is 0.0656 e. The third kappa shape index (κ3) is 3.15. The minimum atomic E-state index is 0.430. The van der Waals surface area contributed by atoms with Crippen molar-refractivity contribution < 1.29 is 0 Å². The number of nitrogen functional groups attached to an aromatic ring is 1. The van der Waals surface area contributed by atoms with Crippen LogP contribution in [0.4, 0.5) is 17.1 Å². The second-order valence-electron chi connectivity index (χ2n) is 3.61. The van der Waals surface area contributed by atoms with Crippen molar-refractivity contribution in [2.24, 2.45) is 0 Å². The molecule has 0 bridgehead atoms. The molecule has 2 nitrogen and oxygen atoms in total. The largest absolute Gasteiger partial charge is 0.399 e. The van der Waals surface area contributed by atoms with Crippen LogP contribution in [0.15, 0.2) is 30.3 Å². The van der Waals surface area contributed by atoms with Crippen molar-refractivity contribution in [3.63, 3.8) is 0 Å². The first-order valence-corrected chi connectivity index (χ1v) is 7.15. The van der Waals surface area contributed by atoms with E-state index in [9.17, 15) is 0 Å². The van der Waals surface area contributed by atoms with Gasteiger partial charge in [-0.25, -0.2) is 0 Å². The number of nitrogens with two attached hydrogens (primary N) is 1. The fourth-order valence-corrected chi connectivity index (χ4v) is 2.66. The van der Waals surface area contributed by atoms with Crippen LogP contribution in [0, 0.1) is 3.57 Å². The van der Waals surface area contributed by atoms with Crippen LogP contribution in [0.25, 0.3) is 0 Å². The molecule has 2 aromatic rings. The fourth-order valence-electron chi connectivity index (χ4n) is 1.40. The van der Waals surface area contributed by atoms with Crippen LogP contribution in [0.2, 0.25) is 15.1 Å². The van der Waals surface area contributed by atoms with E-state index in [0.29, 0.717) is 26.4 Å². The Bertz CT molecular complexity index is 602. The summed E-state index contributed by atoms with van der Waals surface area (Å²) < 4.78 is 0.995. The second kappa shape index (κ2) is 5.74. The van der Waals surface area contributed by atoms with Crippen LogP contribution in [0.5, 0.6) is 0 Å². The summed E-state index contributed by atoms with van der Waals surface area (Å²) in [7, 11) is 0. The van der Waals surface area contributed by atoms with Gasteiger partial charge in [-0.2, -0.15) is 0 Å². The summed E-state index contributed by atoms with van der Waals surface area (Å²) >= 11 is 20.1. The van der Waals surface area contributed by atoms with Crippen molar-refractivity contribution in [1.29, 1.82) is 0 Å². The molecule has 2 aromatic carbocycles. The zero-order valence-corrected chi connectivity index (χ0v) is 13.4. The van der Waals surface area contributed by atoms with Crippen LogP contribution in [0.1, 0.15) is 0 Å². The molecule has 0 aromatic heterocycles. The molecule has 0 unspecified atom stereocenters. The lowest BCUT2D eigenvalue weighted by molar-refractivity contribution is 1.52. The standard InChI is InChI=1S/C12H8Cl3IN2/c13-7-4-9(15)12(5-8(7)14)18-11-2-1-6(17)3-10(11)16/h1-5,18H,17H2. The van der Waals surface area contributed by atoms with Gasteiger partial charge in [0.05, 0.1) is 26.4 Å². The van der Waals surface area contributed by atoms with Gasteiger partial charge in [-0.3, -0.25) is 0 Å². The SMILES string of the molecule is Nc1ccc(Nc2cc(Cl)c(Cl)cc2Cl)c(I)c1. The number of hydrogen-bond acceptors (Lipinski definition) is 2. The molecule has 6 heteroatoms. The molecule has 2 rings (SSSR count). The molecule has 0 atom stereocenters. The summed E-state index contributed by atoms with van der Waals surface area (Å²) in [5.41, 5.74) is 8.02. The monoisotopic (exact) mass is 412 g/mol. The van der Waals surface area contributed by atoms with Gasteiger partial charge in [0.1, 0.15) is 0 Å².